The number of aliphatic carboxylic acids is 1. The molecule has 1 aliphatic rings. The van der Waals surface area contributed by atoms with E-state index in [9.17, 15) is 14.7 Å². The Bertz CT molecular complexity index is 1420. The average Bonchev–Trinajstić information content (AvgIpc) is 2.97. The molecule has 0 bridgehead atoms. The number of carbonyl (C=O) groups is 2. The molecule has 1 heterocycles. The molecule has 0 unspecified atom stereocenters. The number of rotatable bonds is 12. The summed E-state index contributed by atoms with van der Waals surface area (Å²) < 4.78 is 11.8. The maximum atomic E-state index is 13.5. The Hall–Kier alpha value is -3.33. The topological polar surface area (TPSA) is 101 Å². The summed E-state index contributed by atoms with van der Waals surface area (Å²) in [4.78, 5) is 32.7. The van der Waals surface area contributed by atoms with E-state index in [0.717, 1.165) is 60.2 Å². The van der Waals surface area contributed by atoms with Gasteiger partial charge in [0.1, 0.15) is 22.7 Å². The minimum Gasteiger partial charge on any atom is -0.494 e. The molecule has 43 heavy (non-hydrogen) atoms. The van der Waals surface area contributed by atoms with Crippen LogP contribution in [-0.4, -0.2) is 66.3 Å². The largest absolute Gasteiger partial charge is 0.494 e. The molecule has 0 radical (unpaired) electrons. The first-order valence-electron chi connectivity index (χ1n) is 14.5. The average molecular weight is 631 g/mol. The van der Waals surface area contributed by atoms with Crippen LogP contribution in [0.4, 0.5) is 0 Å². The quantitative estimate of drug-likeness (QED) is 0.207. The number of aryl methyl sites for hydroxylation is 1. The van der Waals surface area contributed by atoms with Crippen LogP contribution in [0.5, 0.6) is 11.5 Å². The Morgan fingerprint density at radius 3 is 2.44 bits per heavy atom. The number of carboxylic acid groups (broad SMARTS) is 1. The van der Waals surface area contributed by atoms with Gasteiger partial charge in [0.15, 0.2) is 0 Å². The fraction of sp³-hybridized carbons (Fsp3) is 0.424. The SMILES string of the molecule is CCOc1ccc(C)c(-c2ccc(C(=O)NC3(C(=O)O)CCCCC3)nc2-c2ccc(Cl)c(OCCCN(C)C)c2)c1.Cl. The lowest BCUT2D eigenvalue weighted by Gasteiger charge is -2.33. The first kappa shape index (κ1) is 34.2. The molecule has 1 aromatic heterocycles. The van der Waals surface area contributed by atoms with Gasteiger partial charge in [0.05, 0.1) is 23.9 Å². The molecule has 1 saturated carbocycles. The van der Waals surface area contributed by atoms with Crippen LogP contribution in [0.15, 0.2) is 48.5 Å². The molecule has 0 spiro atoms. The van der Waals surface area contributed by atoms with Gasteiger partial charge in [0, 0.05) is 17.7 Å². The Kier molecular flexibility index (Phi) is 12.2. The maximum Gasteiger partial charge on any atom is 0.329 e. The van der Waals surface area contributed by atoms with E-state index in [0.29, 0.717) is 42.5 Å². The van der Waals surface area contributed by atoms with Gasteiger partial charge >= 0.3 is 5.97 Å². The minimum atomic E-state index is -1.29. The van der Waals surface area contributed by atoms with Crippen LogP contribution in [0.25, 0.3) is 22.4 Å². The third-order valence-electron chi connectivity index (χ3n) is 7.62. The maximum absolute atomic E-state index is 13.5. The molecule has 10 heteroatoms. The molecule has 8 nitrogen and oxygen atoms in total. The number of carbonyl (C=O) groups excluding carboxylic acids is 1. The molecule has 0 saturated heterocycles. The van der Waals surface area contributed by atoms with Crippen LogP contribution in [0, 0.1) is 6.92 Å². The zero-order valence-electron chi connectivity index (χ0n) is 25.2. The van der Waals surface area contributed by atoms with Crippen molar-refractivity contribution < 1.29 is 24.2 Å². The Morgan fingerprint density at radius 1 is 1.02 bits per heavy atom. The van der Waals surface area contributed by atoms with Crippen molar-refractivity contribution in [1.29, 1.82) is 0 Å². The van der Waals surface area contributed by atoms with E-state index in [1.165, 1.54) is 0 Å². The van der Waals surface area contributed by atoms with Crippen molar-refractivity contribution in [3.63, 3.8) is 0 Å². The summed E-state index contributed by atoms with van der Waals surface area (Å²) >= 11 is 6.51. The fourth-order valence-electron chi connectivity index (χ4n) is 5.32. The number of hydrogen-bond donors (Lipinski definition) is 2. The summed E-state index contributed by atoms with van der Waals surface area (Å²) in [6.07, 6.45) is 4.09. The second-order valence-corrected chi connectivity index (χ2v) is 11.5. The van der Waals surface area contributed by atoms with Crippen LogP contribution in [0.2, 0.25) is 5.02 Å². The number of hydrogen-bond acceptors (Lipinski definition) is 6. The Morgan fingerprint density at radius 2 is 1.77 bits per heavy atom. The monoisotopic (exact) mass is 629 g/mol. The van der Waals surface area contributed by atoms with E-state index in [1.807, 2.05) is 64.3 Å². The van der Waals surface area contributed by atoms with Gasteiger partial charge in [-0.15, -0.1) is 12.4 Å². The van der Waals surface area contributed by atoms with E-state index in [4.69, 9.17) is 26.1 Å². The highest BCUT2D eigenvalue weighted by molar-refractivity contribution is 6.32. The van der Waals surface area contributed by atoms with Crippen molar-refractivity contribution >= 4 is 35.9 Å². The predicted molar refractivity (Wildman–Crippen MR) is 173 cm³/mol. The molecule has 0 atom stereocenters. The first-order valence-corrected chi connectivity index (χ1v) is 14.9. The third kappa shape index (κ3) is 8.40. The molecular weight excluding hydrogens is 589 g/mol. The van der Waals surface area contributed by atoms with E-state index in [1.54, 1.807) is 12.1 Å². The van der Waals surface area contributed by atoms with Gasteiger partial charge in [-0.2, -0.15) is 0 Å². The third-order valence-corrected chi connectivity index (χ3v) is 7.93. The highest BCUT2D eigenvalue weighted by Crippen LogP contribution is 2.38. The van der Waals surface area contributed by atoms with Crippen molar-refractivity contribution in [2.45, 2.75) is 57.9 Å². The highest BCUT2D eigenvalue weighted by Gasteiger charge is 2.41. The molecule has 0 aliphatic heterocycles. The van der Waals surface area contributed by atoms with Crippen molar-refractivity contribution in [3.8, 4) is 33.9 Å². The van der Waals surface area contributed by atoms with E-state index >= 15 is 0 Å². The van der Waals surface area contributed by atoms with Crippen molar-refractivity contribution in [1.82, 2.24) is 15.2 Å². The van der Waals surface area contributed by atoms with Crippen molar-refractivity contribution in [2.75, 3.05) is 33.9 Å². The van der Waals surface area contributed by atoms with E-state index in [2.05, 4.69) is 10.2 Å². The van der Waals surface area contributed by atoms with Crippen molar-refractivity contribution in [3.05, 3.63) is 64.8 Å². The standard InChI is InChI=1S/C33H40ClN3O5.ClH/c1-5-41-24-12-10-22(2)26(21-24)25-13-15-28(31(38)36-33(32(39)40)16-7-6-8-17-33)35-30(25)23-11-14-27(34)29(20-23)42-19-9-18-37(3)4;/h10-15,20-21H,5-9,16-19H2,1-4H3,(H,36,38)(H,39,40);1H. The smallest absolute Gasteiger partial charge is 0.329 e. The fourth-order valence-corrected chi connectivity index (χ4v) is 5.50. The number of ether oxygens (including phenoxy) is 2. The summed E-state index contributed by atoms with van der Waals surface area (Å²) in [6.45, 7) is 5.86. The summed E-state index contributed by atoms with van der Waals surface area (Å²) in [7, 11) is 4.03. The van der Waals surface area contributed by atoms with Crippen molar-refractivity contribution in [2.24, 2.45) is 0 Å². The second kappa shape index (κ2) is 15.4. The summed E-state index contributed by atoms with van der Waals surface area (Å²) in [5.41, 5.74) is 2.86. The van der Waals surface area contributed by atoms with Gasteiger partial charge in [-0.05, 0) is 94.7 Å². The number of aromatic nitrogens is 1. The zero-order chi connectivity index (χ0) is 30.3. The molecule has 232 valence electrons. The molecule has 2 N–H and O–H groups in total. The first-order chi connectivity index (χ1) is 20.1. The Balaban J connectivity index is 0.00000506. The van der Waals surface area contributed by atoms with E-state index in [-0.39, 0.29) is 18.1 Å². The van der Waals surface area contributed by atoms with Crippen LogP contribution in [-0.2, 0) is 4.79 Å². The number of amides is 1. The molecule has 2 aromatic carbocycles. The second-order valence-electron chi connectivity index (χ2n) is 11.1. The Labute approximate surface area is 265 Å². The summed E-state index contributed by atoms with van der Waals surface area (Å²) in [5.74, 6) is -0.263. The zero-order valence-corrected chi connectivity index (χ0v) is 26.8. The van der Waals surface area contributed by atoms with Crippen LogP contribution in [0.3, 0.4) is 0 Å². The molecule has 3 aromatic rings. The van der Waals surface area contributed by atoms with Crippen LogP contribution >= 0.6 is 24.0 Å². The van der Waals surface area contributed by atoms with Gasteiger partial charge in [0.25, 0.3) is 5.91 Å². The van der Waals surface area contributed by atoms with Gasteiger partial charge in [-0.25, -0.2) is 9.78 Å². The minimum absolute atomic E-state index is 0. The van der Waals surface area contributed by atoms with Gasteiger partial charge in [0.2, 0.25) is 0 Å². The van der Waals surface area contributed by atoms with Gasteiger partial charge in [-0.1, -0.05) is 43.0 Å². The number of nitrogens with one attached hydrogen (secondary N) is 1. The molecule has 4 rings (SSSR count). The lowest BCUT2D eigenvalue weighted by Crippen LogP contribution is -2.55. The predicted octanol–water partition coefficient (Wildman–Crippen LogP) is 7.05. The number of benzene rings is 2. The molecule has 1 aliphatic carbocycles. The van der Waals surface area contributed by atoms with Crippen LogP contribution < -0.4 is 14.8 Å². The summed E-state index contributed by atoms with van der Waals surface area (Å²) in [6, 6.07) is 14.8. The molecule has 1 amide bonds. The molecular formula is C33H41Cl2N3O5. The molecule has 1 fully saturated rings. The lowest BCUT2D eigenvalue weighted by atomic mass is 9.81. The number of halogens is 2. The highest BCUT2D eigenvalue weighted by atomic mass is 35.5. The van der Waals surface area contributed by atoms with Gasteiger partial charge < -0.3 is 24.8 Å². The number of pyridine rings is 1. The number of nitrogens with zero attached hydrogens (tertiary/aromatic N) is 2. The lowest BCUT2D eigenvalue weighted by molar-refractivity contribution is -0.145. The van der Waals surface area contributed by atoms with Crippen LogP contribution in [0.1, 0.15) is 61.5 Å². The van der Waals surface area contributed by atoms with E-state index < -0.39 is 17.4 Å². The van der Waals surface area contributed by atoms with Gasteiger partial charge in [-0.3, -0.25) is 4.79 Å². The summed E-state index contributed by atoms with van der Waals surface area (Å²) in [5, 5.41) is 13.3. The normalized spacial score (nSPS) is 14.1. The number of carboxylic acids is 1.